The Bertz CT molecular complexity index is 1340. The van der Waals surface area contributed by atoms with Crippen LogP contribution < -0.4 is 14.9 Å². The van der Waals surface area contributed by atoms with Gasteiger partial charge < -0.3 is 13.9 Å². The molecule has 0 atom stereocenters. The first-order valence-electron chi connectivity index (χ1n) is 9.44. The van der Waals surface area contributed by atoms with Crippen LogP contribution in [0.25, 0.3) is 34.0 Å². The fraction of sp³-hybridized carbons (Fsp3) is 0.182. The molecule has 8 nitrogen and oxygen atoms in total. The molecule has 2 aromatic heterocycles. The summed E-state index contributed by atoms with van der Waals surface area (Å²) in [6, 6.07) is 10.9. The van der Waals surface area contributed by atoms with E-state index in [-0.39, 0.29) is 5.43 Å². The standard InChI is InChI=1S/C22H18N4O4/c1-28-15-5-8-18(29-2)14(10-15)9-12-3-6-16-20(27)17-11-13(22-23-25-26-24-22)4-7-19(17)30-21(12)16/h4-5,7-11H,3,6H2,1-2H3,(H,23,24,25,26)/b12-9+. The van der Waals surface area contributed by atoms with Crippen LogP contribution in [0.5, 0.6) is 11.5 Å². The van der Waals surface area contributed by atoms with Gasteiger partial charge in [-0.2, -0.15) is 5.21 Å². The third-order valence-corrected chi connectivity index (χ3v) is 5.29. The number of methoxy groups -OCH3 is 2. The van der Waals surface area contributed by atoms with Crippen LogP contribution in [0.2, 0.25) is 0 Å². The van der Waals surface area contributed by atoms with Crippen molar-refractivity contribution in [1.29, 1.82) is 0 Å². The summed E-state index contributed by atoms with van der Waals surface area (Å²) in [5, 5.41) is 14.4. The number of ether oxygens (including phenoxy) is 2. The number of aromatic amines is 1. The van der Waals surface area contributed by atoms with Crippen molar-refractivity contribution in [2.24, 2.45) is 0 Å². The fourth-order valence-electron chi connectivity index (χ4n) is 3.79. The van der Waals surface area contributed by atoms with Crippen molar-refractivity contribution >= 4 is 22.6 Å². The minimum absolute atomic E-state index is 0.0300. The Morgan fingerprint density at radius 1 is 1.10 bits per heavy atom. The summed E-state index contributed by atoms with van der Waals surface area (Å²) < 4.78 is 17.0. The molecule has 2 heterocycles. The lowest BCUT2D eigenvalue weighted by molar-refractivity contribution is 0.402. The zero-order valence-electron chi connectivity index (χ0n) is 16.4. The van der Waals surface area contributed by atoms with E-state index < -0.39 is 0 Å². The number of allylic oxidation sites excluding steroid dienone is 1. The van der Waals surface area contributed by atoms with Gasteiger partial charge in [-0.1, -0.05) is 0 Å². The third kappa shape index (κ3) is 2.93. The maximum atomic E-state index is 13.2. The lowest BCUT2D eigenvalue weighted by Crippen LogP contribution is -2.08. The molecule has 0 spiro atoms. The van der Waals surface area contributed by atoms with E-state index in [9.17, 15) is 4.79 Å². The lowest BCUT2D eigenvalue weighted by Gasteiger charge is -2.09. The van der Waals surface area contributed by atoms with Crippen LogP contribution in [0.15, 0.2) is 45.6 Å². The van der Waals surface area contributed by atoms with Crippen molar-refractivity contribution in [3.05, 3.63) is 63.5 Å². The predicted molar refractivity (Wildman–Crippen MR) is 111 cm³/mol. The normalized spacial score (nSPS) is 14.3. The second-order valence-corrected chi connectivity index (χ2v) is 6.96. The molecule has 1 aliphatic rings. The van der Waals surface area contributed by atoms with Crippen LogP contribution in [0, 0.1) is 0 Å². The Morgan fingerprint density at radius 3 is 2.77 bits per heavy atom. The van der Waals surface area contributed by atoms with Crippen LogP contribution in [-0.4, -0.2) is 34.8 Å². The van der Waals surface area contributed by atoms with Gasteiger partial charge >= 0.3 is 0 Å². The molecule has 0 aliphatic heterocycles. The molecule has 0 radical (unpaired) electrons. The van der Waals surface area contributed by atoms with Crippen LogP contribution in [-0.2, 0) is 6.42 Å². The van der Waals surface area contributed by atoms with Gasteiger partial charge in [-0.15, -0.1) is 10.2 Å². The van der Waals surface area contributed by atoms with E-state index in [4.69, 9.17) is 13.9 Å². The number of nitrogens with zero attached hydrogens (tertiary/aromatic N) is 3. The van der Waals surface area contributed by atoms with E-state index in [1.165, 1.54) is 0 Å². The molecule has 8 heteroatoms. The summed E-state index contributed by atoms with van der Waals surface area (Å²) >= 11 is 0. The average molecular weight is 402 g/mol. The minimum atomic E-state index is -0.0300. The van der Waals surface area contributed by atoms with Crippen molar-refractivity contribution < 1.29 is 13.9 Å². The van der Waals surface area contributed by atoms with E-state index in [0.717, 1.165) is 22.6 Å². The molecule has 150 valence electrons. The topological polar surface area (TPSA) is 103 Å². The molecule has 1 N–H and O–H groups in total. The molecule has 5 rings (SSSR count). The van der Waals surface area contributed by atoms with Crippen molar-refractivity contribution in [2.45, 2.75) is 12.8 Å². The summed E-state index contributed by atoms with van der Waals surface area (Å²) in [5.74, 6) is 2.52. The molecule has 30 heavy (non-hydrogen) atoms. The molecule has 0 saturated carbocycles. The Kier molecular flexibility index (Phi) is 4.31. The first-order valence-corrected chi connectivity index (χ1v) is 9.44. The number of rotatable bonds is 4. The third-order valence-electron chi connectivity index (χ3n) is 5.29. The Hall–Kier alpha value is -3.94. The summed E-state index contributed by atoms with van der Waals surface area (Å²) in [4.78, 5) is 13.2. The molecule has 0 fully saturated rings. The number of hydrogen-bond donors (Lipinski definition) is 1. The summed E-state index contributed by atoms with van der Waals surface area (Å²) in [5.41, 5.74) is 3.71. The highest BCUT2D eigenvalue weighted by Gasteiger charge is 2.24. The number of tetrazole rings is 1. The number of nitrogens with one attached hydrogen (secondary N) is 1. The number of aromatic nitrogens is 4. The molecule has 1 aliphatic carbocycles. The van der Waals surface area contributed by atoms with Gasteiger partial charge in [0.25, 0.3) is 0 Å². The van der Waals surface area contributed by atoms with Gasteiger partial charge in [0.1, 0.15) is 22.8 Å². The van der Waals surface area contributed by atoms with Crippen molar-refractivity contribution in [3.63, 3.8) is 0 Å². The molecule has 0 unspecified atom stereocenters. The molecular weight excluding hydrogens is 384 g/mol. The number of benzene rings is 2. The molecule has 4 aromatic rings. The average Bonchev–Trinajstić information content (AvgIpc) is 3.45. The van der Waals surface area contributed by atoms with Crippen LogP contribution in [0.1, 0.15) is 23.3 Å². The van der Waals surface area contributed by atoms with Crippen LogP contribution in [0.3, 0.4) is 0 Å². The van der Waals surface area contributed by atoms with E-state index in [2.05, 4.69) is 20.6 Å². The second-order valence-electron chi connectivity index (χ2n) is 6.96. The second kappa shape index (κ2) is 7.14. The maximum Gasteiger partial charge on any atom is 0.204 e. The fourth-order valence-corrected chi connectivity index (χ4v) is 3.79. The summed E-state index contributed by atoms with van der Waals surface area (Å²) in [6.45, 7) is 0. The van der Waals surface area contributed by atoms with Gasteiger partial charge in [0.2, 0.25) is 5.82 Å². The van der Waals surface area contributed by atoms with E-state index in [1.54, 1.807) is 26.4 Å². The number of hydrogen-bond acceptors (Lipinski definition) is 7. The molecule has 0 amide bonds. The molecular formula is C22H18N4O4. The molecule has 2 aromatic carbocycles. The SMILES string of the molecule is COc1ccc(OC)c(/C=C2\CCc3c2oc2ccc(-c4nn[nH]n4)cc2c3=O)c1. The van der Waals surface area contributed by atoms with E-state index >= 15 is 0 Å². The van der Waals surface area contributed by atoms with Crippen LogP contribution in [0.4, 0.5) is 0 Å². The van der Waals surface area contributed by atoms with Crippen molar-refractivity contribution in [2.75, 3.05) is 14.2 Å². The molecule has 0 saturated heterocycles. The lowest BCUT2D eigenvalue weighted by atomic mass is 10.1. The van der Waals surface area contributed by atoms with Gasteiger partial charge in [0.15, 0.2) is 5.43 Å². The van der Waals surface area contributed by atoms with Gasteiger partial charge in [0, 0.05) is 16.7 Å². The summed E-state index contributed by atoms with van der Waals surface area (Å²) in [6.07, 6.45) is 3.33. The molecule has 0 bridgehead atoms. The Balaban J connectivity index is 1.63. The Morgan fingerprint density at radius 2 is 2.00 bits per heavy atom. The zero-order chi connectivity index (χ0) is 20.7. The highest BCUT2D eigenvalue weighted by molar-refractivity contribution is 5.89. The first kappa shape index (κ1) is 18.1. The first-order chi connectivity index (χ1) is 14.7. The van der Waals surface area contributed by atoms with Gasteiger partial charge in [-0.3, -0.25) is 4.79 Å². The summed E-state index contributed by atoms with van der Waals surface area (Å²) in [7, 11) is 3.25. The van der Waals surface area contributed by atoms with Crippen LogP contribution >= 0.6 is 0 Å². The van der Waals surface area contributed by atoms with Crippen molar-refractivity contribution in [1.82, 2.24) is 20.6 Å². The Labute approximate surface area is 171 Å². The zero-order valence-corrected chi connectivity index (χ0v) is 16.4. The highest BCUT2D eigenvalue weighted by Crippen LogP contribution is 2.36. The quantitative estimate of drug-likeness (QED) is 0.557. The van der Waals surface area contributed by atoms with Crippen molar-refractivity contribution in [3.8, 4) is 22.9 Å². The monoisotopic (exact) mass is 402 g/mol. The number of H-pyrrole nitrogens is 1. The van der Waals surface area contributed by atoms with E-state index in [1.807, 2.05) is 30.3 Å². The van der Waals surface area contributed by atoms with E-state index in [0.29, 0.717) is 46.5 Å². The smallest absolute Gasteiger partial charge is 0.204 e. The predicted octanol–water partition coefficient (Wildman–Crippen LogP) is 3.48. The highest BCUT2D eigenvalue weighted by atomic mass is 16.5. The largest absolute Gasteiger partial charge is 0.497 e. The van der Waals surface area contributed by atoms with Gasteiger partial charge in [-0.25, -0.2) is 0 Å². The number of fused-ring (bicyclic) bond motifs is 2. The van der Waals surface area contributed by atoms with Gasteiger partial charge in [0.05, 0.1) is 19.6 Å². The van der Waals surface area contributed by atoms with Gasteiger partial charge in [-0.05, 0) is 66.1 Å². The minimum Gasteiger partial charge on any atom is -0.497 e. The maximum absolute atomic E-state index is 13.2.